The van der Waals surface area contributed by atoms with Crippen molar-refractivity contribution in [2.75, 3.05) is 13.2 Å². The van der Waals surface area contributed by atoms with Crippen LogP contribution in [0.4, 0.5) is 0 Å². The smallest absolute Gasteiger partial charge is 0.209 e. The zero-order valence-electron chi connectivity index (χ0n) is 12.8. The van der Waals surface area contributed by atoms with Gasteiger partial charge in [-0.2, -0.15) is 0 Å². The van der Waals surface area contributed by atoms with Crippen LogP contribution in [-0.2, 0) is 11.3 Å². The van der Waals surface area contributed by atoms with Gasteiger partial charge in [0.1, 0.15) is 0 Å². The number of hydrogen-bond donors (Lipinski definition) is 1. The lowest BCUT2D eigenvalue weighted by Gasteiger charge is -2.12. The first kappa shape index (κ1) is 15.9. The number of aliphatic hydroxyl groups excluding tert-OH is 1. The van der Waals surface area contributed by atoms with Crippen molar-refractivity contribution in [3.63, 3.8) is 0 Å². The highest BCUT2D eigenvalue weighted by Crippen LogP contribution is 2.33. The molecule has 1 aliphatic rings. The number of benzene rings is 1. The van der Waals surface area contributed by atoms with Crippen LogP contribution >= 0.6 is 12.2 Å². The SMILES string of the molecule is O=C(c1ccccc1)c1ccc2n1CCC2C(=S)OCCCO. The molecule has 23 heavy (non-hydrogen) atoms. The molecular formula is C18H19NO3S. The zero-order chi connectivity index (χ0) is 16.2. The Balaban J connectivity index is 1.78. The van der Waals surface area contributed by atoms with Crippen LogP contribution in [0.2, 0.25) is 0 Å². The molecule has 1 unspecified atom stereocenters. The highest BCUT2D eigenvalue weighted by molar-refractivity contribution is 7.80. The van der Waals surface area contributed by atoms with E-state index in [0.717, 1.165) is 18.7 Å². The molecule has 0 saturated heterocycles. The van der Waals surface area contributed by atoms with E-state index in [-0.39, 0.29) is 18.3 Å². The molecule has 4 nitrogen and oxygen atoms in total. The number of fused-ring (bicyclic) bond motifs is 1. The van der Waals surface area contributed by atoms with Crippen LogP contribution in [0.25, 0.3) is 0 Å². The lowest BCUT2D eigenvalue weighted by atomic mass is 10.1. The van der Waals surface area contributed by atoms with Crippen LogP contribution in [0.3, 0.4) is 0 Å². The molecule has 0 spiro atoms. The van der Waals surface area contributed by atoms with Gasteiger partial charge in [-0.25, -0.2) is 0 Å². The predicted molar refractivity (Wildman–Crippen MR) is 91.9 cm³/mol. The van der Waals surface area contributed by atoms with Crippen molar-refractivity contribution in [2.45, 2.75) is 25.3 Å². The highest BCUT2D eigenvalue weighted by Gasteiger charge is 2.30. The number of thiocarbonyl (C=S) groups is 1. The summed E-state index contributed by atoms with van der Waals surface area (Å²) in [6.45, 7) is 1.30. The van der Waals surface area contributed by atoms with E-state index in [2.05, 4.69) is 0 Å². The van der Waals surface area contributed by atoms with Crippen molar-refractivity contribution < 1.29 is 14.6 Å². The van der Waals surface area contributed by atoms with Gasteiger partial charge in [-0.3, -0.25) is 4.79 Å². The average molecular weight is 329 g/mol. The summed E-state index contributed by atoms with van der Waals surface area (Å²) in [4.78, 5) is 12.6. The van der Waals surface area contributed by atoms with E-state index < -0.39 is 0 Å². The fraction of sp³-hybridized carbons (Fsp3) is 0.333. The molecular weight excluding hydrogens is 310 g/mol. The first-order valence-electron chi connectivity index (χ1n) is 7.79. The van der Waals surface area contributed by atoms with Crippen molar-refractivity contribution >= 4 is 23.1 Å². The van der Waals surface area contributed by atoms with E-state index >= 15 is 0 Å². The van der Waals surface area contributed by atoms with E-state index in [9.17, 15) is 4.79 Å². The second-order valence-electron chi connectivity index (χ2n) is 5.58. The second kappa shape index (κ2) is 7.06. The van der Waals surface area contributed by atoms with Gasteiger partial charge in [0.2, 0.25) is 5.78 Å². The first-order valence-corrected chi connectivity index (χ1v) is 8.20. The maximum Gasteiger partial charge on any atom is 0.209 e. The van der Waals surface area contributed by atoms with E-state index in [0.29, 0.717) is 29.3 Å². The third-order valence-electron chi connectivity index (χ3n) is 4.11. The number of carbonyl (C=O) groups is 1. The molecule has 5 heteroatoms. The summed E-state index contributed by atoms with van der Waals surface area (Å²) in [7, 11) is 0. The molecule has 120 valence electrons. The van der Waals surface area contributed by atoms with Gasteiger partial charge >= 0.3 is 0 Å². The Labute approximate surface area is 140 Å². The van der Waals surface area contributed by atoms with Crippen LogP contribution in [0.5, 0.6) is 0 Å². The summed E-state index contributed by atoms with van der Waals surface area (Å²) in [5.41, 5.74) is 2.43. The third-order valence-corrected chi connectivity index (χ3v) is 4.52. The average Bonchev–Trinajstić information content (AvgIpc) is 3.17. The number of hydrogen-bond acceptors (Lipinski definition) is 4. The Morgan fingerprint density at radius 2 is 2.04 bits per heavy atom. The summed E-state index contributed by atoms with van der Waals surface area (Å²) in [6, 6.07) is 13.1. The predicted octanol–water partition coefficient (Wildman–Crippen LogP) is 2.93. The molecule has 1 aromatic heterocycles. The van der Waals surface area contributed by atoms with Gasteiger partial charge in [-0.1, -0.05) is 30.3 Å². The van der Waals surface area contributed by atoms with Gasteiger partial charge in [0.25, 0.3) is 0 Å². The topological polar surface area (TPSA) is 51.5 Å². The number of aliphatic hydroxyl groups is 1. The van der Waals surface area contributed by atoms with Gasteiger partial charge in [0.05, 0.1) is 18.2 Å². The highest BCUT2D eigenvalue weighted by atomic mass is 32.1. The number of ether oxygens (including phenoxy) is 1. The van der Waals surface area contributed by atoms with Crippen LogP contribution in [0, 0.1) is 0 Å². The number of carbonyl (C=O) groups excluding carboxylic acids is 1. The largest absolute Gasteiger partial charge is 0.486 e. The summed E-state index contributed by atoms with van der Waals surface area (Å²) >= 11 is 5.37. The number of aromatic nitrogens is 1. The maximum absolute atomic E-state index is 12.6. The van der Waals surface area contributed by atoms with Crippen LogP contribution < -0.4 is 0 Å². The summed E-state index contributed by atoms with van der Waals surface area (Å²) in [6.07, 6.45) is 1.43. The Bertz CT molecular complexity index is 708. The van der Waals surface area contributed by atoms with Gasteiger partial charge in [-0.15, -0.1) is 0 Å². The number of nitrogens with zero attached hydrogens (tertiary/aromatic N) is 1. The Hall–Kier alpha value is -1.98. The Morgan fingerprint density at radius 1 is 1.26 bits per heavy atom. The van der Waals surface area contributed by atoms with Crippen LogP contribution in [0.15, 0.2) is 42.5 Å². The van der Waals surface area contributed by atoms with Crippen molar-refractivity contribution in [3.05, 3.63) is 59.4 Å². The molecule has 2 aromatic rings. The van der Waals surface area contributed by atoms with Crippen molar-refractivity contribution in [1.29, 1.82) is 0 Å². The molecule has 2 heterocycles. The molecule has 1 aliphatic heterocycles. The molecule has 0 bridgehead atoms. The molecule has 0 amide bonds. The monoisotopic (exact) mass is 329 g/mol. The summed E-state index contributed by atoms with van der Waals surface area (Å²) in [5.74, 6) is 0.0747. The molecule has 0 radical (unpaired) electrons. The third kappa shape index (κ3) is 3.21. The van der Waals surface area contributed by atoms with Gasteiger partial charge in [-0.05, 0) is 30.8 Å². The molecule has 1 atom stereocenters. The Morgan fingerprint density at radius 3 is 2.78 bits per heavy atom. The van der Waals surface area contributed by atoms with Crippen molar-refractivity contribution in [3.8, 4) is 0 Å². The van der Waals surface area contributed by atoms with Crippen molar-refractivity contribution in [1.82, 2.24) is 4.57 Å². The summed E-state index contributed by atoms with van der Waals surface area (Å²) in [5, 5.41) is 9.36. The maximum atomic E-state index is 12.6. The molecule has 1 aromatic carbocycles. The lowest BCUT2D eigenvalue weighted by Crippen LogP contribution is -2.13. The summed E-state index contributed by atoms with van der Waals surface area (Å²) < 4.78 is 7.59. The van der Waals surface area contributed by atoms with Crippen LogP contribution in [0.1, 0.15) is 40.5 Å². The van der Waals surface area contributed by atoms with E-state index in [1.54, 1.807) is 0 Å². The minimum absolute atomic E-state index is 0.0321. The fourth-order valence-electron chi connectivity index (χ4n) is 2.96. The fourth-order valence-corrected chi connectivity index (χ4v) is 3.28. The van der Waals surface area contributed by atoms with Gasteiger partial charge in [0, 0.05) is 30.8 Å². The Kier molecular flexibility index (Phi) is 4.88. The van der Waals surface area contributed by atoms with E-state index in [1.807, 2.05) is 47.0 Å². The minimum Gasteiger partial charge on any atom is -0.486 e. The molecule has 0 saturated carbocycles. The minimum atomic E-state index is 0.0321. The molecule has 0 aliphatic carbocycles. The van der Waals surface area contributed by atoms with Gasteiger partial charge in [0.15, 0.2) is 5.05 Å². The molecule has 1 N–H and O–H groups in total. The van der Waals surface area contributed by atoms with E-state index in [1.165, 1.54) is 0 Å². The number of ketones is 1. The van der Waals surface area contributed by atoms with Crippen molar-refractivity contribution in [2.24, 2.45) is 0 Å². The quantitative estimate of drug-likeness (QED) is 0.503. The normalized spacial score (nSPS) is 16.1. The van der Waals surface area contributed by atoms with E-state index in [4.69, 9.17) is 22.1 Å². The second-order valence-corrected chi connectivity index (χ2v) is 5.98. The van der Waals surface area contributed by atoms with Crippen LogP contribution in [-0.4, -0.2) is 33.7 Å². The number of rotatable bonds is 6. The lowest BCUT2D eigenvalue weighted by molar-refractivity contribution is 0.103. The standard InChI is InChI=1S/C18H19NO3S/c20-11-4-12-22-18(23)14-9-10-19-15(14)7-8-16(19)17(21)13-5-2-1-3-6-13/h1-3,5-8,14,20H,4,9-12H2. The zero-order valence-corrected chi connectivity index (χ0v) is 13.6. The molecule has 0 fully saturated rings. The first-order chi connectivity index (χ1) is 11.2. The van der Waals surface area contributed by atoms with Gasteiger partial charge < -0.3 is 14.4 Å². The molecule has 3 rings (SSSR count).